The molecule has 0 saturated heterocycles. The van der Waals surface area contributed by atoms with E-state index in [0.29, 0.717) is 22.7 Å². The largest absolute Gasteiger partial charge is 0.497 e. The van der Waals surface area contributed by atoms with Gasteiger partial charge in [0.05, 0.1) is 7.11 Å². The van der Waals surface area contributed by atoms with E-state index >= 15 is 0 Å². The van der Waals surface area contributed by atoms with Crippen molar-refractivity contribution in [2.45, 2.75) is 57.4 Å². The number of para-hydroxylation sites is 1. The molecule has 0 saturated carbocycles. The first kappa shape index (κ1) is 39.1. The second-order valence-electron chi connectivity index (χ2n) is 11.9. The highest BCUT2D eigenvalue weighted by molar-refractivity contribution is 5.99. The summed E-state index contributed by atoms with van der Waals surface area (Å²) in [6.45, 7) is 3.89. The minimum Gasteiger partial charge on any atom is -0.497 e. The molecule has 3 atom stereocenters. The van der Waals surface area contributed by atoms with Crippen molar-refractivity contribution in [3.05, 3.63) is 103 Å². The maximum absolute atomic E-state index is 14.1. The van der Waals surface area contributed by atoms with Gasteiger partial charge in [-0.1, -0.05) is 74.5 Å². The van der Waals surface area contributed by atoms with Gasteiger partial charge < -0.3 is 30.3 Å². The van der Waals surface area contributed by atoms with Gasteiger partial charge in [0.25, 0.3) is 0 Å². The molecule has 0 aliphatic heterocycles. The Morgan fingerprint density at radius 2 is 1.40 bits per heavy atom. The van der Waals surface area contributed by atoms with Crippen LogP contribution < -0.4 is 25.4 Å². The molecule has 0 fully saturated rings. The summed E-state index contributed by atoms with van der Waals surface area (Å²) in [7, 11) is 2.98. The van der Waals surface area contributed by atoms with Gasteiger partial charge in [0, 0.05) is 19.2 Å². The Morgan fingerprint density at radius 1 is 0.800 bits per heavy atom. The fraction of sp³-hybridized carbons (Fsp3) is 0.351. The lowest BCUT2D eigenvalue weighted by Crippen LogP contribution is -2.58. The number of carbonyl (C=O) groups excluding carboxylic acids is 4. The molecule has 0 spiro atoms. The minimum atomic E-state index is -5.24. The third-order valence-corrected chi connectivity index (χ3v) is 7.57. The van der Waals surface area contributed by atoms with E-state index in [1.54, 1.807) is 110 Å². The van der Waals surface area contributed by atoms with Crippen molar-refractivity contribution in [3.8, 4) is 11.5 Å². The molecular formula is C37H43F3N4O6. The van der Waals surface area contributed by atoms with E-state index in [4.69, 9.17) is 9.47 Å². The molecule has 0 aromatic heterocycles. The van der Waals surface area contributed by atoms with Gasteiger partial charge in [-0.15, -0.1) is 0 Å². The second-order valence-corrected chi connectivity index (χ2v) is 11.9. The summed E-state index contributed by atoms with van der Waals surface area (Å²) >= 11 is 0. The zero-order valence-corrected chi connectivity index (χ0v) is 28.4. The van der Waals surface area contributed by atoms with Crippen molar-refractivity contribution >= 4 is 29.3 Å². The average Bonchev–Trinajstić information content (AvgIpc) is 3.09. The zero-order chi connectivity index (χ0) is 36.7. The van der Waals surface area contributed by atoms with Gasteiger partial charge in [-0.25, -0.2) is 0 Å². The van der Waals surface area contributed by atoms with Gasteiger partial charge in [0.1, 0.15) is 36.2 Å². The standard InChI is InChI=1S/C37H43F3N4O6/c1-25(2)23-32(34(46)41-27-15-9-6-10-16-27)44(3)35(47)30(17-11-12-22-50-29-20-18-28(49-4)19-21-29)42-33(45)31(43-36(48)37(38,39)40)24-26-13-7-5-8-14-26/h5-16,18-21,25,30-32H,17,22-24H2,1-4H3,(H,41,46)(H,42,45)(H,43,48)/b12-11-/t30-,31+,32+/m1/s1. The Hall–Kier alpha value is -5.33. The molecule has 0 bridgehead atoms. The number of nitrogens with zero attached hydrogens (tertiary/aromatic N) is 1. The van der Waals surface area contributed by atoms with Crippen LogP contribution in [-0.4, -0.2) is 73.6 Å². The molecule has 0 aliphatic rings. The Morgan fingerprint density at radius 3 is 1.98 bits per heavy atom. The van der Waals surface area contributed by atoms with Crippen molar-refractivity contribution in [2.24, 2.45) is 5.92 Å². The van der Waals surface area contributed by atoms with Gasteiger partial charge in [-0.2, -0.15) is 13.2 Å². The van der Waals surface area contributed by atoms with Crippen molar-refractivity contribution in [1.29, 1.82) is 0 Å². The number of ether oxygens (including phenoxy) is 2. The summed E-state index contributed by atoms with van der Waals surface area (Å²) in [6.07, 6.45) is -2.12. The number of alkyl halides is 3. The lowest BCUT2D eigenvalue weighted by Gasteiger charge is -2.32. The number of halogens is 3. The van der Waals surface area contributed by atoms with E-state index in [1.807, 2.05) is 13.8 Å². The highest BCUT2D eigenvalue weighted by atomic mass is 19.4. The van der Waals surface area contributed by atoms with Crippen LogP contribution in [0.25, 0.3) is 0 Å². The smallest absolute Gasteiger partial charge is 0.471 e. The van der Waals surface area contributed by atoms with E-state index in [1.165, 1.54) is 11.9 Å². The number of amides is 4. The maximum Gasteiger partial charge on any atom is 0.471 e. The summed E-state index contributed by atoms with van der Waals surface area (Å²) in [6, 6.07) is 19.8. The molecule has 4 amide bonds. The number of methoxy groups -OCH3 is 1. The van der Waals surface area contributed by atoms with E-state index < -0.39 is 47.9 Å². The molecule has 0 aliphatic carbocycles. The van der Waals surface area contributed by atoms with Crippen LogP contribution in [0.5, 0.6) is 11.5 Å². The fourth-order valence-electron chi connectivity index (χ4n) is 4.94. The first-order valence-electron chi connectivity index (χ1n) is 16.0. The zero-order valence-electron chi connectivity index (χ0n) is 28.4. The number of hydrogen-bond acceptors (Lipinski definition) is 6. The van der Waals surface area contributed by atoms with E-state index in [0.717, 1.165) is 0 Å². The summed E-state index contributed by atoms with van der Waals surface area (Å²) in [5, 5.41) is 7.12. The van der Waals surface area contributed by atoms with E-state index in [-0.39, 0.29) is 31.8 Å². The number of nitrogens with one attached hydrogen (secondary N) is 3. The third-order valence-electron chi connectivity index (χ3n) is 7.57. The highest BCUT2D eigenvalue weighted by Crippen LogP contribution is 2.19. The van der Waals surface area contributed by atoms with Crippen molar-refractivity contribution in [1.82, 2.24) is 15.5 Å². The Labute approximate surface area is 290 Å². The van der Waals surface area contributed by atoms with Gasteiger partial charge in [0.15, 0.2) is 0 Å². The molecule has 268 valence electrons. The van der Waals surface area contributed by atoms with Crippen LogP contribution in [0.1, 0.15) is 32.3 Å². The number of carbonyl (C=O) groups is 4. The Kier molecular flexibility index (Phi) is 14.9. The molecule has 3 aromatic rings. The highest BCUT2D eigenvalue weighted by Gasteiger charge is 2.41. The molecule has 13 heteroatoms. The topological polar surface area (TPSA) is 126 Å². The van der Waals surface area contributed by atoms with Crippen LogP contribution >= 0.6 is 0 Å². The average molecular weight is 697 g/mol. The van der Waals surface area contributed by atoms with Crippen molar-refractivity contribution in [3.63, 3.8) is 0 Å². The first-order valence-corrected chi connectivity index (χ1v) is 16.0. The fourth-order valence-corrected chi connectivity index (χ4v) is 4.94. The molecule has 0 radical (unpaired) electrons. The minimum absolute atomic E-state index is 0.00681. The SMILES string of the molecule is COc1ccc(OC/C=C\C[C@@H](NC(=O)[C@H](Cc2ccccc2)NC(=O)C(F)(F)F)C(=O)N(C)[C@@H](CC(C)C)C(=O)Nc2ccccc2)cc1. The molecule has 3 aromatic carbocycles. The predicted octanol–water partition coefficient (Wildman–Crippen LogP) is 5.31. The summed E-state index contributed by atoms with van der Waals surface area (Å²) in [5.74, 6) is -3.20. The maximum atomic E-state index is 14.1. The number of likely N-dealkylation sites (N-methyl/N-ethyl adjacent to an activating group) is 1. The van der Waals surface area contributed by atoms with Crippen LogP contribution in [0.15, 0.2) is 97.1 Å². The number of anilines is 1. The van der Waals surface area contributed by atoms with Crippen molar-refractivity contribution < 1.29 is 41.8 Å². The monoisotopic (exact) mass is 696 g/mol. The summed E-state index contributed by atoms with van der Waals surface area (Å²) < 4.78 is 50.6. The molecule has 10 nitrogen and oxygen atoms in total. The van der Waals surface area contributed by atoms with Crippen LogP contribution in [0, 0.1) is 5.92 Å². The van der Waals surface area contributed by atoms with Gasteiger partial charge in [-0.3, -0.25) is 19.2 Å². The first-order chi connectivity index (χ1) is 23.8. The quantitative estimate of drug-likeness (QED) is 0.165. The van der Waals surface area contributed by atoms with Crippen molar-refractivity contribution in [2.75, 3.05) is 26.1 Å². The number of rotatable bonds is 17. The predicted molar refractivity (Wildman–Crippen MR) is 183 cm³/mol. The van der Waals surface area contributed by atoms with E-state index in [2.05, 4.69) is 10.6 Å². The second kappa shape index (κ2) is 19.0. The molecule has 3 rings (SSSR count). The molecule has 0 unspecified atom stereocenters. The van der Waals surface area contributed by atoms with Gasteiger partial charge in [-0.05, 0) is 60.7 Å². The lowest BCUT2D eigenvalue weighted by atomic mass is 10.00. The molecule has 3 N–H and O–H groups in total. The Bertz CT molecular complexity index is 1570. The van der Waals surface area contributed by atoms with Crippen LogP contribution in [0.3, 0.4) is 0 Å². The summed E-state index contributed by atoms with van der Waals surface area (Å²) in [5.41, 5.74) is 1.01. The van der Waals surface area contributed by atoms with Crippen LogP contribution in [-0.2, 0) is 25.6 Å². The number of hydrogen-bond donors (Lipinski definition) is 3. The van der Waals surface area contributed by atoms with Gasteiger partial charge >= 0.3 is 12.1 Å². The van der Waals surface area contributed by atoms with Crippen LogP contribution in [0.2, 0.25) is 0 Å². The summed E-state index contributed by atoms with van der Waals surface area (Å²) in [4.78, 5) is 54.3. The third kappa shape index (κ3) is 12.6. The normalized spacial score (nSPS) is 13.2. The Balaban J connectivity index is 1.86. The van der Waals surface area contributed by atoms with Gasteiger partial charge in [0.2, 0.25) is 17.7 Å². The molecular weight excluding hydrogens is 653 g/mol. The molecule has 0 heterocycles. The van der Waals surface area contributed by atoms with Crippen LogP contribution in [0.4, 0.5) is 18.9 Å². The molecule has 50 heavy (non-hydrogen) atoms. The lowest BCUT2D eigenvalue weighted by molar-refractivity contribution is -0.174. The van der Waals surface area contributed by atoms with E-state index in [9.17, 15) is 32.3 Å². The number of benzene rings is 3.